The van der Waals surface area contributed by atoms with E-state index in [2.05, 4.69) is 20.7 Å². The van der Waals surface area contributed by atoms with Crippen LogP contribution in [0.15, 0.2) is 22.7 Å². The third kappa shape index (κ3) is 7.64. The molecule has 0 aliphatic heterocycles. The molecule has 0 aromatic heterocycles. The lowest BCUT2D eigenvalue weighted by molar-refractivity contribution is -0.153. The van der Waals surface area contributed by atoms with Crippen molar-refractivity contribution < 1.29 is 22.5 Å². The van der Waals surface area contributed by atoms with Crippen LogP contribution in [0.5, 0.6) is 5.75 Å². The van der Waals surface area contributed by atoms with Crippen molar-refractivity contribution in [3.8, 4) is 5.75 Å². The lowest BCUT2D eigenvalue weighted by atomic mass is 9.83. The first kappa shape index (κ1) is 24.8. The second-order valence-electron chi connectivity index (χ2n) is 8.79. The lowest BCUT2D eigenvalue weighted by Gasteiger charge is -2.32. The first-order chi connectivity index (χ1) is 13.4. The Bertz CT molecular complexity index is 658. The molecule has 0 saturated heterocycles. The van der Waals surface area contributed by atoms with Crippen LogP contribution < -0.4 is 9.46 Å². The van der Waals surface area contributed by atoms with Crippen LogP contribution in [0.4, 0.5) is 13.2 Å². The molecule has 1 aliphatic carbocycles. The van der Waals surface area contributed by atoms with E-state index >= 15 is 0 Å². The van der Waals surface area contributed by atoms with E-state index in [9.17, 15) is 17.7 Å². The van der Waals surface area contributed by atoms with Crippen LogP contribution >= 0.6 is 15.9 Å². The van der Waals surface area contributed by atoms with Crippen LogP contribution in [0.3, 0.4) is 0 Å². The van der Waals surface area contributed by atoms with Crippen LogP contribution in [0.25, 0.3) is 0 Å². The first-order valence-electron chi connectivity index (χ1n) is 10.0. The minimum Gasteiger partial charge on any atom is -0.598 e. The fraction of sp³-hybridized carbons (Fsp3) is 0.714. The standard InChI is InChI=1S/C21H31BrF3NO2S/c1-14-17(22)6-5-7-18(14)28-16-11-8-15(9-12-16)10-13-19(21(23,24)25)26-29(27)20(2,3)4/h5-7,15-16,19,26H,8-13H2,1-4H3/t15?,16?,19-,29+/m1/s1. The van der Waals surface area contributed by atoms with E-state index in [1.54, 1.807) is 20.8 Å². The number of ether oxygens (including phenoxy) is 1. The van der Waals surface area contributed by atoms with E-state index in [-0.39, 0.29) is 18.4 Å². The van der Waals surface area contributed by atoms with Gasteiger partial charge in [-0.2, -0.15) is 13.2 Å². The van der Waals surface area contributed by atoms with Crippen LogP contribution in [-0.2, 0) is 11.4 Å². The summed E-state index contributed by atoms with van der Waals surface area (Å²) >= 11 is 1.75. The second kappa shape index (κ2) is 10.2. The molecule has 1 aromatic carbocycles. The highest BCUT2D eigenvalue weighted by Gasteiger charge is 2.44. The molecule has 1 N–H and O–H groups in total. The van der Waals surface area contributed by atoms with Gasteiger partial charge in [0.1, 0.15) is 16.5 Å². The number of halogens is 4. The van der Waals surface area contributed by atoms with Crippen LogP contribution in [0, 0.1) is 12.8 Å². The molecule has 2 atom stereocenters. The Hall–Kier alpha value is -0.440. The highest BCUT2D eigenvalue weighted by Crippen LogP contribution is 2.35. The van der Waals surface area contributed by atoms with Gasteiger partial charge in [0.25, 0.3) is 0 Å². The number of alkyl halides is 3. The highest BCUT2D eigenvalue weighted by atomic mass is 79.9. The van der Waals surface area contributed by atoms with E-state index in [0.717, 1.165) is 41.5 Å². The zero-order chi connectivity index (χ0) is 21.8. The van der Waals surface area contributed by atoms with Gasteiger partial charge in [0.05, 0.1) is 6.10 Å². The largest absolute Gasteiger partial charge is 0.598 e. The van der Waals surface area contributed by atoms with Crippen molar-refractivity contribution in [3.05, 3.63) is 28.2 Å². The number of hydrogen-bond donors (Lipinski definition) is 1. The van der Waals surface area contributed by atoms with Gasteiger partial charge in [-0.05, 0) is 84.3 Å². The molecule has 0 heterocycles. The molecule has 0 amide bonds. The Kier molecular flexibility index (Phi) is 8.77. The Balaban J connectivity index is 1.83. The molecule has 1 aromatic rings. The maximum Gasteiger partial charge on any atom is 0.408 e. The molecule has 0 radical (unpaired) electrons. The van der Waals surface area contributed by atoms with Gasteiger partial charge >= 0.3 is 6.18 Å². The third-order valence-electron chi connectivity index (χ3n) is 5.37. The van der Waals surface area contributed by atoms with Crippen LogP contribution in [0.2, 0.25) is 0 Å². The molecular weight excluding hydrogens is 467 g/mol. The molecule has 0 unspecified atom stereocenters. The fourth-order valence-corrected chi connectivity index (χ4v) is 4.64. The number of hydrogen-bond acceptors (Lipinski definition) is 3. The molecule has 1 aliphatic rings. The van der Waals surface area contributed by atoms with Crippen LogP contribution in [0.1, 0.15) is 64.9 Å². The summed E-state index contributed by atoms with van der Waals surface area (Å²) in [7, 11) is 0. The van der Waals surface area contributed by atoms with Gasteiger partial charge in [-0.15, -0.1) is 4.72 Å². The van der Waals surface area contributed by atoms with Crippen molar-refractivity contribution in [3.63, 3.8) is 0 Å². The first-order valence-corrected chi connectivity index (χ1v) is 12.0. The molecule has 0 bridgehead atoms. The average molecular weight is 498 g/mol. The van der Waals surface area contributed by atoms with Gasteiger partial charge < -0.3 is 9.29 Å². The molecule has 1 saturated carbocycles. The summed E-state index contributed by atoms with van der Waals surface area (Å²) in [6.07, 6.45) is -0.491. The van der Waals surface area contributed by atoms with E-state index in [1.165, 1.54) is 0 Å². The van der Waals surface area contributed by atoms with Crippen molar-refractivity contribution in [1.82, 2.24) is 4.72 Å². The molecule has 8 heteroatoms. The van der Waals surface area contributed by atoms with Gasteiger partial charge in [-0.1, -0.05) is 22.0 Å². The molecule has 1 fully saturated rings. The summed E-state index contributed by atoms with van der Waals surface area (Å²) in [5.74, 6) is 1.10. The van der Waals surface area contributed by atoms with E-state index in [4.69, 9.17) is 4.74 Å². The minimum atomic E-state index is -4.40. The predicted molar refractivity (Wildman–Crippen MR) is 115 cm³/mol. The Labute approximate surface area is 183 Å². The Morgan fingerprint density at radius 3 is 2.38 bits per heavy atom. The van der Waals surface area contributed by atoms with Crippen molar-refractivity contribution in [2.75, 3.05) is 0 Å². The van der Waals surface area contributed by atoms with Crippen molar-refractivity contribution in [2.24, 2.45) is 5.92 Å². The second-order valence-corrected chi connectivity index (χ2v) is 11.6. The Morgan fingerprint density at radius 1 is 1.21 bits per heavy atom. The van der Waals surface area contributed by atoms with Crippen molar-refractivity contribution in [1.29, 1.82) is 0 Å². The zero-order valence-corrected chi connectivity index (χ0v) is 19.8. The quantitative estimate of drug-likeness (QED) is 0.439. The molecule has 29 heavy (non-hydrogen) atoms. The fourth-order valence-electron chi connectivity index (χ4n) is 3.43. The summed E-state index contributed by atoms with van der Waals surface area (Å²) in [6, 6.07) is 4.11. The topological polar surface area (TPSA) is 44.3 Å². The monoisotopic (exact) mass is 497 g/mol. The van der Waals surface area contributed by atoms with Gasteiger partial charge in [0.15, 0.2) is 0 Å². The lowest BCUT2D eigenvalue weighted by Crippen LogP contribution is -2.50. The van der Waals surface area contributed by atoms with Crippen LogP contribution in [-0.4, -0.2) is 27.6 Å². The summed E-state index contributed by atoms with van der Waals surface area (Å²) in [5.41, 5.74) is 1.06. The molecule has 0 spiro atoms. The summed E-state index contributed by atoms with van der Waals surface area (Å²) < 4.78 is 61.0. The maximum atomic E-state index is 13.4. The van der Waals surface area contributed by atoms with Crippen molar-refractivity contribution >= 4 is 27.3 Å². The summed E-state index contributed by atoms with van der Waals surface area (Å²) in [6.45, 7) is 6.99. The number of nitrogens with one attached hydrogen (secondary N) is 1. The average Bonchev–Trinajstić information content (AvgIpc) is 2.61. The summed E-state index contributed by atoms with van der Waals surface area (Å²) in [5, 5.41) is 0. The molecule has 2 rings (SSSR count). The van der Waals surface area contributed by atoms with Crippen molar-refractivity contribution in [2.45, 2.75) is 89.3 Å². The molecule has 3 nitrogen and oxygen atoms in total. The van der Waals surface area contributed by atoms with Gasteiger partial charge in [0.2, 0.25) is 0 Å². The van der Waals surface area contributed by atoms with E-state index in [1.807, 2.05) is 25.1 Å². The normalized spacial score (nSPS) is 22.9. The zero-order valence-electron chi connectivity index (χ0n) is 17.4. The van der Waals surface area contributed by atoms with Gasteiger partial charge in [0, 0.05) is 21.4 Å². The maximum absolute atomic E-state index is 13.4. The number of benzene rings is 1. The number of rotatable bonds is 7. The van der Waals surface area contributed by atoms with Gasteiger partial charge in [-0.25, -0.2) is 0 Å². The SMILES string of the molecule is Cc1c(Br)cccc1OC1CCC(CC[C@@H](N[S@@+]([O-])C(C)(C)C)C(F)(F)F)CC1. The Morgan fingerprint density at radius 2 is 1.83 bits per heavy atom. The molecular formula is C21H31BrF3NO2S. The molecule has 166 valence electrons. The van der Waals surface area contributed by atoms with Gasteiger partial charge in [-0.3, -0.25) is 0 Å². The van der Waals surface area contributed by atoms with E-state index in [0.29, 0.717) is 6.42 Å². The minimum absolute atomic E-state index is 0.0494. The highest BCUT2D eigenvalue weighted by molar-refractivity contribution is 9.10. The smallest absolute Gasteiger partial charge is 0.408 e. The van der Waals surface area contributed by atoms with E-state index < -0.39 is 28.3 Å². The third-order valence-corrected chi connectivity index (χ3v) is 7.84. The summed E-state index contributed by atoms with van der Waals surface area (Å²) in [4.78, 5) is 0. The predicted octanol–water partition coefficient (Wildman–Crippen LogP) is 6.46.